The number of aliphatic carboxylic acids is 1. The molecule has 116 valence electrons. The maximum absolute atomic E-state index is 11.8. The highest BCUT2D eigenvalue weighted by molar-refractivity contribution is 5.82. The molecule has 2 amide bonds. The van der Waals surface area contributed by atoms with Crippen molar-refractivity contribution in [1.29, 1.82) is 0 Å². The van der Waals surface area contributed by atoms with Gasteiger partial charge in [-0.15, -0.1) is 0 Å². The van der Waals surface area contributed by atoms with Crippen molar-refractivity contribution < 1.29 is 19.4 Å². The minimum Gasteiger partial charge on any atom is -0.496 e. The van der Waals surface area contributed by atoms with E-state index >= 15 is 0 Å². The standard InChI is InChI=1S/C15H22N2O4/c1-10(2)8-12(14(18)19)17-15(20)16-9-11-6-4-5-7-13(11)21-3/h4-7,10,12H,8-9H2,1-3H3,(H,18,19)(H2,16,17,20)/t12-/m1/s1. The first-order chi connectivity index (χ1) is 9.93. The molecule has 0 bridgehead atoms. The van der Waals surface area contributed by atoms with Gasteiger partial charge in [-0.05, 0) is 18.4 Å². The summed E-state index contributed by atoms with van der Waals surface area (Å²) in [6.07, 6.45) is 0.386. The van der Waals surface area contributed by atoms with Gasteiger partial charge >= 0.3 is 12.0 Å². The van der Waals surface area contributed by atoms with Crippen molar-refractivity contribution in [1.82, 2.24) is 10.6 Å². The summed E-state index contributed by atoms with van der Waals surface area (Å²) in [5.41, 5.74) is 0.825. The fourth-order valence-corrected chi connectivity index (χ4v) is 1.93. The van der Waals surface area contributed by atoms with Gasteiger partial charge in [-0.25, -0.2) is 9.59 Å². The average molecular weight is 294 g/mol. The summed E-state index contributed by atoms with van der Waals surface area (Å²) >= 11 is 0. The van der Waals surface area contributed by atoms with Gasteiger partial charge < -0.3 is 20.5 Å². The molecule has 0 aliphatic carbocycles. The van der Waals surface area contributed by atoms with E-state index in [0.717, 1.165) is 5.56 Å². The number of nitrogens with one attached hydrogen (secondary N) is 2. The van der Waals surface area contributed by atoms with Gasteiger partial charge in [0, 0.05) is 12.1 Å². The second kappa shape index (κ2) is 8.14. The van der Waals surface area contributed by atoms with Crippen LogP contribution in [0, 0.1) is 5.92 Å². The van der Waals surface area contributed by atoms with Crippen LogP contribution in [0.3, 0.4) is 0 Å². The number of para-hydroxylation sites is 1. The van der Waals surface area contributed by atoms with E-state index in [0.29, 0.717) is 12.2 Å². The molecular weight excluding hydrogens is 272 g/mol. The lowest BCUT2D eigenvalue weighted by Crippen LogP contribution is -2.46. The van der Waals surface area contributed by atoms with Crippen LogP contribution in [0.1, 0.15) is 25.8 Å². The quantitative estimate of drug-likeness (QED) is 0.717. The molecule has 0 saturated heterocycles. The third-order valence-corrected chi connectivity index (χ3v) is 2.94. The monoisotopic (exact) mass is 294 g/mol. The number of carboxylic acids is 1. The summed E-state index contributed by atoms with van der Waals surface area (Å²) in [5.74, 6) is -0.175. The molecule has 1 rings (SSSR count). The molecule has 6 nitrogen and oxygen atoms in total. The van der Waals surface area contributed by atoms with Crippen molar-refractivity contribution in [2.45, 2.75) is 32.9 Å². The lowest BCUT2D eigenvalue weighted by Gasteiger charge is -2.17. The molecule has 6 heteroatoms. The Kier molecular flexibility index (Phi) is 6.52. The zero-order valence-electron chi connectivity index (χ0n) is 12.6. The Morgan fingerprint density at radius 3 is 2.52 bits per heavy atom. The van der Waals surface area contributed by atoms with Crippen molar-refractivity contribution in [2.75, 3.05) is 7.11 Å². The van der Waals surface area contributed by atoms with Crippen LogP contribution in [0.4, 0.5) is 4.79 Å². The second-order valence-corrected chi connectivity index (χ2v) is 5.16. The maximum Gasteiger partial charge on any atom is 0.326 e. The van der Waals surface area contributed by atoms with Crippen LogP contribution >= 0.6 is 0 Å². The van der Waals surface area contributed by atoms with Crippen LogP contribution in [0.2, 0.25) is 0 Å². The molecule has 0 unspecified atom stereocenters. The van der Waals surface area contributed by atoms with E-state index in [-0.39, 0.29) is 12.5 Å². The van der Waals surface area contributed by atoms with Crippen molar-refractivity contribution in [3.05, 3.63) is 29.8 Å². The van der Waals surface area contributed by atoms with E-state index in [1.54, 1.807) is 13.2 Å². The molecular formula is C15H22N2O4. The molecule has 21 heavy (non-hydrogen) atoms. The zero-order chi connectivity index (χ0) is 15.8. The molecule has 0 aliphatic heterocycles. The summed E-state index contributed by atoms with van der Waals surface area (Å²) in [4.78, 5) is 22.9. The van der Waals surface area contributed by atoms with Crippen molar-refractivity contribution >= 4 is 12.0 Å². The Morgan fingerprint density at radius 2 is 1.95 bits per heavy atom. The molecule has 0 aromatic heterocycles. The Labute approximate surface area is 124 Å². The number of ether oxygens (including phenoxy) is 1. The van der Waals surface area contributed by atoms with Gasteiger partial charge in [0.2, 0.25) is 0 Å². The highest BCUT2D eigenvalue weighted by Crippen LogP contribution is 2.16. The summed E-state index contributed by atoms with van der Waals surface area (Å²) in [6.45, 7) is 4.08. The predicted octanol–water partition coefficient (Wildman–Crippen LogP) is 1.99. The van der Waals surface area contributed by atoms with Gasteiger partial charge in [-0.3, -0.25) is 0 Å². The van der Waals surface area contributed by atoms with Crippen LogP contribution in [0.5, 0.6) is 5.75 Å². The molecule has 0 saturated carbocycles. The van der Waals surface area contributed by atoms with E-state index in [9.17, 15) is 9.59 Å². The zero-order valence-corrected chi connectivity index (χ0v) is 12.6. The molecule has 1 aromatic rings. The predicted molar refractivity (Wildman–Crippen MR) is 79.2 cm³/mol. The Bertz CT molecular complexity index is 488. The number of urea groups is 1. The van der Waals surface area contributed by atoms with E-state index in [2.05, 4.69) is 10.6 Å². The molecule has 0 spiro atoms. The Balaban J connectivity index is 2.54. The van der Waals surface area contributed by atoms with Crippen LogP contribution in [-0.2, 0) is 11.3 Å². The van der Waals surface area contributed by atoms with Gasteiger partial charge in [0.05, 0.1) is 7.11 Å². The number of amides is 2. The summed E-state index contributed by atoms with van der Waals surface area (Å²) in [7, 11) is 1.56. The first kappa shape index (κ1) is 16.8. The number of hydrogen-bond donors (Lipinski definition) is 3. The van der Waals surface area contributed by atoms with Gasteiger partial charge in [0.25, 0.3) is 0 Å². The highest BCUT2D eigenvalue weighted by Gasteiger charge is 2.20. The first-order valence-electron chi connectivity index (χ1n) is 6.83. The molecule has 0 heterocycles. The van der Waals surface area contributed by atoms with Crippen molar-refractivity contribution in [3.63, 3.8) is 0 Å². The van der Waals surface area contributed by atoms with Crippen molar-refractivity contribution in [2.24, 2.45) is 5.92 Å². The third-order valence-electron chi connectivity index (χ3n) is 2.94. The SMILES string of the molecule is COc1ccccc1CNC(=O)N[C@H](CC(C)C)C(=O)O. The minimum absolute atomic E-state index is 0.181. The smallest absolute Gasteiger partial charge is 0.326 e. The number of rotatable bonds is 7. The first-order valence-corrected chi connectivity index (χ1v) is 6.83. The lowest BCUT2D eigenvalue weighted by molar-refractivity contribution is -0.139. The number of carbonyl (C=O) groups is 2. The molecule has 0 fully saturated rings. The number of hydrogen-bond acceptors (Lipinski definition) is 3. The highest BCUT2D eigenvalue weighted by atomic mass is 16.5. The minimum atomic E-state index is -1.03. The molecule has 0 aliphatic rings. The van der Waals surface area contributed by atoms with Gasteiger partial charge in [0.1, 0.15) is 11.8 Å². The number of benzene rings is 1. The van der Waals surface area contributed by atoms with Crippen LogP contribution in [0.25, 0.3) is 0 Å². The van der Waals surface area contributed by atoms with Crippen LogP contribution < -0.4 is 15.4 Å². The summed E-state index contributed by atoms with van der Waals surface area (Å²) in [5, 5.41) is 14.2. The fourth-order valence-electron chi connectivity index (χ4n) is 1.93. The number of methoxy groups -OCH3 is 1. The molecule has 0 radical (unpaired) electrons. The van der Waals surface area contributed by atoms with Crippen LogP contribution in [0.15, 0.2) is 24.3 Å². The van der Waals surface area contributed by atoms with Crippen LogP contribution in [-0.4, -0.2) is 30.3 Å². The molecule has 3 N–H and O–H groups in total. The lowest BCUT2D eigenvalue weighted by atomic mass is 10.0. The Morgan fingerprint density at radius 1 is 1.29 bits per heavy atom. The van der Waals surface area contributed by atoms with E-state index in [1.165, 1.54) is 0 Å². The van der Waals surface area contributed by atoms with Crippen molar-refractivity contribution in [3.8, 4) is 5.75 Å². The van der Waals surface area contributed by atoms with Gasteiger partial charge in [-0.1, -0.05) is 32.0 Å². The largest absolute Gasteiger partial charge is 0.496 e. The molecule has 1 aromatic carbocycles. The number of carbonyl (C=O) groups excluding carboxylic acids is 1. The normalized spacial score (nSPS) is 11.8. The summed E-state index contributed by atoms with van der Waals surface area (Å²) < 4.78 is 5.18. The fraction of sp³-hybridized carbons (Fsp3) is 0.467. The maximum atomic E-state index is 11.8. The van der Waals surface area contributed by atoms with Gasteiger partial charge in [-0.2, -0.15) is 0 Å². The second-order valence-electron chi connectivity index (χ2n) is 5.16. The topological polar surface area (TPSA) is 87.7 Å². The average Bonchev–Trinajstić information content (AvgIpc) is 2.44. The third kappa shape index (κ3) is 5.72. The van der Waals surface area contributed by atoms with E-state index < -0.39 is 18.0 Å². The molecule has 1 atom stereocenters. The van der Waals surface area contributed by atoms with E-state index in [4.69, 9.17) is 9.84 Å². The number of carboxylic acid groups (broad SMARTS) is 1. The van der Waals surface area contributed by atoms with E-state index in [1.807, 2.05) is 32.0 Å². The van der Waals surface area contributed by atoms with Gasteiger partial charge in [0.15, 0.2) is 0 Å². The summed E-state index contributed by atoms with van der Waals surface area (Å²) in [6, 6.07) is 5.92. The Hall–Kier alpha value is -2.24.